The standard InChI is InChI=1S/C18H18FNO5/c1-2-14-13(18(22)23)9-15(25-14)17(21)20-6-7-24-16(10-20)11-4-3-5-12(19)8-11/h3-5,8-9,16H,2,6-7,10H2,1H3,(H,22,23). The van der Waals surface area contributed by atoms with Gasteiger partial charge in [-0.2, -0.15) is 0 Å². The second kappa shape index (κ2) is 7.06. The number of aryl methyl sites for hydroxylation is 1. The Balaban J connectivity index is 1.79. The molecule has 1 aliphatic heterocycles. The van der Waals surface area contributed by atoms with Gasteiger partial charge in [0.15, 0.2) is 5.76 Å². The molecule has 1 unspecified atom stereocenters. The van der Waals surface area contributed by atoms with Gasteiger partial charge in [-0.25, -0.2) is 9.18 Å². The summed E-state index contributed by atoms with van der Waals surface area (Å²) in [5, 5.41) is 9.18. The summed E-state index contributed by atoms with van der Waals surface area (Å²) in [7, 11) is 0. The number of carboxylic acids is 1. The number of furan rings is 1. The number of carbonyl (C=O) groups excluding carboxylic acids is 1. The normalized spacial score (nSPS) is 17.5. The molecule has 6 nitrogen and oxygen atoms in total. The van der Waals surface area contributed by atoms with Crippen molar-refractivity contribution in [3.8, 4) is 0 Å². The van der Waals surface area contributed by atoms with E-state index < -0.39 is 18.0 Å². The fraction of sp³-hybridized carbons (Fsp3) is 0.333. The van der Waals surface area contributed by atoms with Crippen molar-refractivity contribution in [1.82, 2.24) is 4.90 Å². The summed E-state index contributed by atoms with van der Waals surface area (Å²) < 4.78 is 24.5. The van der Waals surface area contributed by atoms with Crippen LogP contribution in [-0.4, -0.2) is 41.6 Å². The van der Waals surface area contributed by atoms with Gasteiger partial charge in [-0.3, -0.25) is 4.79 Å². The quantitative estimate of drug-likeness (QED) is 0.920. The first-order valence-corrected chi connectivity index (χ1v) is 8.02. The minimum atomic E-state index is -1.13. The number of ether oxygens (including phenoxy) is 1. The van der Waals surface area contributed by atoms with E-state index in [2.05, 4.69) is 0 Å². The number of carbonyl (C=O) groups is 2. The van der Waals surface area contributed by atoms with Crippen LogP contribution < -0.4 is 0 Å². The molecule has 1 aliphatic rings. The zero-order chi connectivity index (χ0) is 18.0. The highest BCUT2D eigenvalue weighted by Gasteiger charge is 2.29. The molecule has 0 spiro atoms. The van der Waals surface area contributed by atoms with Gasteiger partial charge in [0.1, 0.15) is 23.2 Å². The summed E-state index contributed by atoms with van der Waals surface area (Å²) in [5.74, 6) is -1.62. The van der Waals surface area contributed by atoms with Crippen molar-refractivity contribution in [1.29, 1.82) is 0 Å². The molecule has 2 heterocycles. The molecule has 0 saturated carbocycles. The average molecular weight is 347 g/mol. The number of amides is 1. The fourth-order valence-corrected chi connectivity index (χ4v) is 2.88. The van der Waals surface area contributed by atoms with Crippen molar-refractivity contribution in [3.05, 3.63) is 58.8 Å². The third kappa shape index (κ3) is 3.56. The number of rotatable bonds is 4. The molecule has 7 heteroatoms. The smallest absolute Gasteiger partial charge is 0.339 e. The van der Waals surface area contributed by atoms with Crippen LogP contribution >= 0.6 is 0 Å². The molecule has 2 aromatic rings. The zero-order valence-electron chi connectivity index (χ0n) is 13.7. The van der Waals surface area contributed by atoms with Gasteiger partial charge in [0.05, 0.1) is 13.2 Å². The van der Waals surface area contributed by atoms with Crippen LogP contribution in [0.4, 0.5) is 4.39 Å². The maximum absolute atomic E-state index is 13.4. The summed E-state index contributed by atoms with van der Waals surface area (Å²) in [6.45, 7) is 2.66. The van der Waals surface area contributed by atoms with E-state index in [4.69, 9.17) is 9.15 Å². The van der Waals surface area contributed by atoms with Gasteiger partial charge >= 0.3 is 5.97 Å². The summed E-state index contributed by atoms with van der Waals surface area (Å²) in [4.78, 5) is 25.4. The Morgan fingerprint density at radius 1 is 1.36 bits per heavy atom. The van der Waals surface area contributed by atoms with E-state index in [0.717, 1.165) is 0 Å². The van der Waals surface area contributed by atoms with Gasteiger partial charge in [-0.15, -0.1) is 0 Å². The lowest BCUT2D eigenvalue weighted by atomic mass is 10.1. The molecular weight excluding hydrogens is 329 g/mol. The van der Waals surface area contributed by atoms with Crippen LogP contribution in [0.25, 0.3) is 0 Å². The zero-order valence-corrected chi connectivity index (χ0v) is 13.7. The Bertz CT molecular complexity index is 801. The minimum Gasteiger partial charge on any atom is -0.478 e. The number of carboxylic acid groups (broad SMARTS) is 1. The molecule has 1 aromatic carbocycles. The van der Waals surface area contributed by atoms with E-state index in [1.165, 1.54) is 23.1 Å². The molecule has 1 fully saturated rings. The molecule has 1 aromatic heterocycles. The number of benzene rings is 1. The van der Waals surface area contributed by atoms with Gasteiger partial charge < -0.3 is 19.2 Å². The third-order valence-corrected chi connectivity index (χ3v) is 4.15. The number of hydrogen-bond acceptors (Lipinski definition) is 4. The number of nitrogens with zero attached hydrogens (tertiary/aromatic N) is 1. The number of aromatic carboxylic acids is 1. The molecule has 1 amide bonds. The molecule has 0 aliphatic carbocycles. The first-order chi connectivity index (χ1) is 12.0. The first-order valence-electron chi connectivity index (χ1n) is 8.02. The second-order valence-electron chi connectivity index (χ2n) is 5.77. The lowest BCUT2D eigenvalue weighted by Gasteiger charge is -2.32. The van der Waals surface area contributed by atoms with Crippen LogP contribution in [0.3, 0.4) is 0 Å². The van der Waals surface area contributed by atoms with Crippen molar-refractivity contribution in [2.24, 2.45) is 0 Å². The predicted octanol–water partition coefficient (Wildman–Crippen LogP) is 2.89. The maximum Gasteiger partial charge on any atom is 0.339 e. The van der Waals surface area contributed by atoms with Gasteiger partial charge in [0, 0.05) is 19.0 Å². The van der Waals surface area contributed by atoms with Gasteiger partial charge in [0.2, 0.25) is 0 Å². The maximum atomic E-state index is 13.4. The Morgan fingerprint density at radius 2 is 2.16 bits per heavy atom. The SMILES string of the molecule is CCc1oc(C(=O)N2CCOC(c3cccc(F)c3)C2)cc1C(=O)O. The molecule has 132 valence electrons. The average Bonchev–Trinajstić information content (AvgIpc) is 3.06. The van der Waals surface area contributed by atoms with Gasteiger partial charge in [0.25, 0.3) is 5.91 Å². The summed E-state index contributed by atoms with van der Waals surface area (Å²) in [6.07, 6.45) is -0.0582. The second-order valence-corrected chi connectivity index (χ2v) is 5.77. The van der Waals surface area contributed by atoms with Crippen LogP contribution in [0.15, 0.2) is 34.7 Å². The number of morpholine rings is 1. The van der Waals surface area contributed by atoms with Crippen LogP contribution in [0.1, 0.15) is 45.3 Å². The summed E-state index contributed by atoms with van der Waals surface area (Å²) in [6, 6.07) is 7.32. The molecular formula is C18H18FNO5. The van der Waals surface area contributed by atoms with Gasteiger partial charge in [-0.05, 0) is 17.7 Å². The fourth-order valence-electron chi connectivity index (χ4n) is 2.88. The Hall–Kier alpha value is -2.67. The molecule has 1 atom stereocenters. The Labute approximate surface area is 143 Å². The lowest BCUT2D eigenvalue weighted by molar-refractivity contribution is -0.0239. The molecule has 0 radical (unpaired) electrons. The monoisotopic (exact) mass is 347 g/mol. The van der Waals surface area contributed by atoms with E-state index >= 15 is 0 Å². The topological polar surface area (TPSA) is 80.0 Å². The van der Waals surface area contributed by atoms with Crippen LogP contribution in [0, 0.1) is 5.82 Å². The largest absolute Gasteiger partial charge is 0.478 e. The van der Waals surface area contributed by atoms with Crippen molar-refractivity contribution in [3.63, 3.8) is 0 Å². The van der Waals surface area contributed by atoms with Crippen LogP contribution in [0.5, 0.6) is 0 Å². The van der Waals surface area contributed by atoms with Crippen molar-refractivity contribution in [2.45, 2.75) is 19.4 Å². The lowest BCUT2D eigenvalue weighted by Crippen LogP contribution is -2.42. The van der Waals surface area contributed by atoms with E-state index in [1.54, 1.807) is 19.1 Å². The Morgan fingerprint density at radius 3 is 2.80 bits per heavy atom. The molecule has 3 rings (SSSR count). The molecule has 1 N–H and O–H groups in total. The summed E-state index contributed by atoms with van der Waals surface area (Å²) in [5.41, 5.74) is 0.651. The van der Waals surface area contributed by atoms with Crippen LogP contribution in [-0.2, 0) is 11.2 Å². The number of halogens is 1. The predicted molar refractivity (Wildman–Crippen MR) is 86.0 cm³/mol. The van der Waals surface area contributed by atoms with E-state index in [1.807, 2.05) is 0 Å². The van der Waals surface area contributed by atoms with Crippen molar-refractivity contribution in [2.75, 3.05) is 19.7 Å². The van der Waals surface area contributed by atoms with Crippen molar-refractivity contribution >= 4 is 11.9 Å². The van der Waals surface area contributed by atoms with Crippen LogP contribution in [0.2, 0.25) is 0 Å². The first kappa shape index (κ1) is 17.2. The van der Waals surface area contributed by atoms with E-state index in [9.17, 15) is 19.1 Å². The highest BCUT2D eigenvalue weighted by molar-refractivity contribution is 5.96. The highest BCUT2D eigenvalue weighted by atomic mass is 19.1. The number of hydrogen-bond donors (Lipinski definition) is 1. The van der Waals surface area contributed by atoms with Crippen molar-refractivity contribution < 1.29 is 28.2 Å². The molecule has 0 bridgehead atoms. The van der Waals surface area contributed by atoms with E-state index in [0.29, 0.717) is 25.1 Å². The van der Waals surface area contributed by atoms with E-state index in [-0.39, 0.29) is 29.4 Å². The molecule has 25 heavy (non-hydrogen) atoms. The molecule has 1 saturated heterocycles. The Kier molecular flexibility index (Phi) is 4.85. The summed E-state index contributed by atoms with van der Waals surface area (Å²) >= 11 is 0. The third-order valence-electron chi connectivity index (χ3n) is 4.15. The minimum absolute atomic E-state index is 0.000731. The highest BCUT2D eigenvalue weighted by Crippen LogP contribution is 2.25. The van der Waals surface area contributed by atoms with Gasteiger partial charge in [-0.1, -0.05) is 19.1 Å².